The van der Waals surface area contributed by atoms with E-state index in [1.54, 1.807) is 60.0 Å². The Hall–Kier alpha value is -15.0. The zero-order chi connectivity index (χ0) is 98.7. The topological polar surface area (TPSA) is 587 Å². The molecule has 4 aliphatic heterocycles. The Morgan fingerprint density at radius 2 is 0.613 bits per heavy atom. The van der Waals surface area contributed by atoms with Crippen LogP contribution in [-0.2, 0) is 38.4 Å². The van der Waals surface area contributed by atoms with Crippen LogP contribution in [0.3, 0.4) is 0 Å². The monoisotopic (exact) mass is 1950 g/mol. The highest BCUT2D eigenvalue weighted by Gasteiger charge is 2.39. The van der Waals surface area contributed by atoms with Crippen LogP contribution in [0.4, 0.5) is 43.3 Å². The van der Waals surface area contributed by atoms with E-state index in [0.29, 0.717) is 25.7 Å². The zero-order valence-corrected chi connectivity index (χ0v) is 80.3. The second kappa shape index (κ2) is 45.8. The van der Waals surface area contributed by atoms with Gasteiger partial charge in [-0.25, -0.2) is 44.7 Å². The number of carbonyl (C=O) groups is 12. The zero-order valence-electron chi connectivity index (χ0n) is 77.0. The molecule has 11 amide bonds. The van der Waals surface area contributed by atoms with Crippen molar-refractivity contribution in [3.8, 4) is 23.5 Å². The van der Waals surface area contributed by atoms with Crippen molar-refractivity contribution in [3.63, 3.8) is 0 Å². The first-order valence-corrected chi connectivity index (χ1v) is 46.7. The minimum atomic E-state index is -1.65. The lowest BCUT2D eigenvalue weighted by molar-refractivity contribution is -0.147. The van der Waals surface area contributed by atoms with Crippen molar-refractivity contribution in [2.45, 2.75) is 103 Å². The normalized spacial score (nSPS) is 17.7. The molecule has 720 valence electrons. The van der Waals surface area contributed by atoms with E-state index in [1.807, 2.05) is 88.1 Å². The SMILES string of the molecule is CNc1nc2cc(C3CCC(C)CN3)ccc2s1.CNc1nc2cc([C@@H]3CC[C@@H](C)CN3C(=O)C(=O)Nc3cnc(OC)c(C(N)=O)c3)ccc2s1.CNc1nc2cc([C@@H]3CC[C@@H](C)CN3C(=O)C(=O)Nc3cnc(OC)c(C(N)=O)c3)ccc2s1.CNc1nc2cc([C@H]3CC[C@H](C)CN3C(=O)C(=O)Nc3cnc(OC)c(C(N)=O)c3)ccc2s1.COc1ncc(NC(=O)C(=O)O)cc1C(N)=O. The summed E-state index contributed by atoms with van der Waals surface area (Å²) >= 11 is 6.38. The quantitative estimate of drug-likeness (QED) is 0.0315. The average molecular weight is 1950 g/mol. The second-order valence-corrected chi connectivity index (χ2v) is 36.9. The molecule has 0 saturated carbocycles. The molecule has 41 nitrogen and oxygen atoms in total. The number of nitrogens with two attached hydrogens (primary N) is 4. The molecule has 0 aliphatic carbocycles. The van der Waals surface area contributed by atoms with Crippen molar-refractivity contribution in [3.05, 3.63) is 166 Å². The molecule has 4 aliphatic rings. The van der Waals surface area contributed by atoms with Gasteiger partial charge in [-0.2, -0.15) is 0 Å². The molecule has 4 saturated heterocycles. The van der Waals surface area contributed by atoms with E-state index in [1.165, 1.54) is 94.4 Å². The first-order valence-electron chi connectivity index (χ1n) is 43.4. The Kier molecular flexibility index (Phi) is 33.8. The third-order valence-electron chi connectivity index (χ3n) is 23.0. The number of aromatic nitrogens is 8. The molecule has 45 heteroatoms. The number of benzene rings is 4. The van der Waals surface area contributed by atoms with E-state index in [2.05, 4.69) is 128 Å². The first kappa shape index (κ1) is 101. The van der Waals surface area contributed by atoms with Crippen molar-refractivity contribution in [1.29, 1.82) is 0 Å². The summed E-state index contributed by atoms with van der Waals surface area (Å²) in [6.07, 6.45) is 12.7. The minimum absolute atomic E-state index is 0.00850. The summed E-state index contributed by atoms with van der Waals surface area (Å²) in [5, 5.41) is 37.4. The van der Waals surface area contributed by atoms with Gasteiger partial charge in [0.1, 0.15) is 22.3 Å². The fraction of sp³-hybridized carbons (Fsp3) is 0.348. The van der Waals surface area contributed by atoms with Crippen LogP contribution in [0.25, 0.3) is 40.9 Å². The molecular weight excluding hydrogens is 1840 g/mol. The number of carboxylic acid groups (broad SMARTS) is 1. The van der Waals surface area contributed by atoms with E-state index >= 15 is 0 Å². The molecule has 16 rings (SSSR count). The molecule has 18 N–H and O–H groups in total. The number of thiazole rings is 4. The first-order chi connectivity index (χ1) is 65.6. The number of likely N-dealkylation sites (tertiary alicyclic amines) is 3. The largest absolute Gasteiger partial charge is 0.480 e. The van der Waals surface area contributed by atoms with Gasteiger partial charge in [0.15, 0.2) is 20.5 Å². The highest BCUT2D eigenvalue weighted by Crippen LogP contribution is 2.42. The summed E-state index contributed by atoms with van der Waals surface area (Å²) in [7, 11) is 12.8. The third kappa shape index (κ3) is 25.0. The maximum absolute atomic E-state index is 13.2. The average Bonchev–Trinajstić information content (AvgIpc) is 1.77. The number of methoxy groups -OCH3 is 4. The van der Waals surface area contributed by atoms with Crippen LogP contribution >= 0.6 is 45.3 Å². The Morgan fingerprint density at radius 1 is 0.358 bits per heavy atom. The van der Waals surface area contributed by atoms with Crippen molar-refractivity contribution in [1.82, 2.24) is 59.9 Å². The smallest absolute Gasteiger partial charge is 0.394 e. The Morgan fingerprint density at radius 3 is 0.854 bits per heavy atom. The number of primary amides is 4. The maximum Gasteiger partial charge on any atom is 0.394 e. The summed E-state index contributed by atoms with van der Waals surface area (Å²) < 4.78 is 24.2. The van der Waals surface area contributed by atoms with E-state index in [9.17, 15) is 57.5 Å². The van der Waals surface area contributed by atoms with Gasteiger partial charge in [0.05, 0.1) is 135 Å². The number of nitrogens with zero attached hydrogens (tertiary/aromatic N) is 11. The molecule has 0 spiro atoms. The fourth-order valence-electron chi connectivity index (χ4n) is 16.1. The van der Waals surface area contributed by atoms with Crippen molar-refractivity contribution in [2.75, 3.05) is 125 Å². The predicted octanol–water partition coefficient (Wildman–Crippen LogP) is 10.9. The van der Waals surface area contributed by atoms with Crippen molar-refractivity contribution < 1.29 is 81.6 Å². The molecule has 4 aromatic carbocycles. The van der Waals surface area contributed by atoms with Crippen LogP contribution in [0.15, 0.2) is 122 Å². The molecular formula is C92H106N24O17S4. The van der Waals surface area contributed by atoms with Crippen molar-refractivity contribution in [2.24, 2.45) is 46.6 Å². The second-order valence-electron chi connectivity index (χ2n) is 32.8. The third-order valence-corrected chi connectivity index (χ3v) is 27.2. The van der Waals surface area contributed by atoms with Crippen LogP contribution in [0.2, 0.25) is 0 Å². The van der Waals surface area contributed by atoms with Gasteiger partial charge in [-0.1, -0.05) is 97.3 Å². The molecule has 8 aromatic heterocycles. The number of anilines is 8. The molecule has 12 heterocycles. The van der Waals surface area contributed by atoms with Gasteiger partial charge in [0, 0.05) is 53.9 Å². The van der Waals surface area contributed by atoms with Gasteiger partial charge in [-0.15, -0.1) is 0 Å². The predicted molar refractivity (Wildman–Crippen MR) is 524 cm³/mol. The Labute approximate surface area is 802 Å². The highest BCUT2D eigenvalue weighted by atomic mass is 32.1. The van der Waals surface area contributed by atoms with Crippen LogP contribution in [0, 0.1) is 23.7 Å². The fourth-order valence-corrected chi connectivity index (χ4v) is 19.3. The molecule has 12 aromatic rings. The maximum atomic E-state index is 13.2. The lowest BCUT2D eigenvalue weighted by atomic mass is 9.89. The summed E-state index contributed by atoms with van der Waals surface area (Å²) in [6, 6.07) is 29.6. The lowest BCUT2D eigenvalue weighted by Gasteiger charge is -2.38. The minimum Gasteiger partial charge on any atom is -0.480 e. The van der Waals surface area contributed by atoms with Crippen LogP contribution in [0.1, 0.15) is 167 Å². The number of carbonyl (C=O) groups excluding carboxylic acids is 11. The van der Waals surface area contributed by atoms with Gasteiger partial charge in [0.25, 0.3) is 23.6 Å². The lowest BCUT2D eigenvalue weighted by Crippen LogP contribution is -2.46. The van der Waals surface area contributed by atoms with E-state index in [-0.39, 0.29) is 104 Å². The van der Waals surface area contributed by atoms with Gasteiger partial charge in [0.2, 0.25) is 23.5 Å². The number of pyridine rings is 4. The summed E-state index contributed by atoms with van der Waals surface area (Å²) in [5.74, 6) is -8.64. The van der Waals surface area contributed by atoms with Crippen LogP contribution in [0.5, 0.6) is 23.5 Å². The number of hydrogen-bond acceptors (Lipinski definition) is 33. The number of hydrogen-bond donors (Lipinski definition) is 14. The number of nitrogens with one attached hydrogen (secondary N) is 9. The molecule has 0 radical (unpaired) electrons. The van der Waals surface area contributed by atoms with Crippen molar-refractivity contribution >= 4 is 200 Å². The standard InChI is InChI=1S/3C23H26N6O4S.C14H19N3S.C9H9N3O5/c3*1-12-4-6-17(13-5-7-18-16(8-13)28-23(25-2)34-18)29(11-12)22(32)20(31)27-14-9-15(19(24)30)21(33-3)26-10-14;1-9-3-5-11(16-8-9)10-4-6-13-12(7-10)17-14(15-2)18-13;1-17-8-5(6(10)13)2-4(3-11-8)12-7(14)9(15)16/h3*5,7-10,12,17H,4,6,11H2,1-3H3,(H2,24,30)(H,25,28)(H,27,31);4,6-7,9,11,16H,3,5,8H2,1-2H3,(H,15,17);2-3H,1H3,(H2,10,13)(H,12,14)(H,15,16)/t3*12-,17+;;/m110../s1. The molecule has 8 atom stereocenters. The molecule has 137 heavy (non-hydrogen) atoms. The van der Waals surface area contributed by atoms with E-state index in [4.69, 9.17) is 47.0 Å². The number of rotatable bonds is 20. The number of ether oxygens (including phenoxy) is 4. The number of carboxylic acids is 1. The number of piperidine rings is 4. The Bertz CT molecular complexity index is 6080. The summed E-state index contributed by atoms with van der Waals surface area (Å²) in [4.78, 5) is 184. The van der Waals surface area contributed by atoms with E-state index < -0.39 is 70.9 Å². The Balaban J connectivity index is 0.000000158. The number of amides is 11. The van der Waals surface area contributed by atoms with Gasteiger partial charge >= 0.3 is 47.3 Å². The molecule has 4 fully saturated rings. The van der Waals surface area contributed by atoms with Gasteiger partial charge in [-0.3, -0.25) is 52.7 Å². The van der Waals surface area contributed by atoms with Crippen LogP contribution < -0.4 is 89.7 Å². The summed E-state index contributed by atoms with van der Waals surface area (Å²) in [5.41, 5.74) is 29.5. The van der Waals surface area contributed by atoms with Crippen LogP contribution in [-0.4, -0.2) is 213 Å². The highest BCUT2D eigenvalue weighted by molar-refractivity contribution is 7.23. The molecule has 0 bridgehead atoms. The summed E-state index contributed by atoms with van der Waals surface area (Å²) in [6.45, 7) is 11.0. The molecule has 2 unspecified atom stereocenters. The van der Waals surface area contributed by atoms with Gasteiger partial charge in [-0.05, 0) is 177 Å². The van der Waals surface area contributed by atoms with E-state index in [0.717, 1.165) is 131 Å². The number of fused-ring (bicyclic) bond motifs is 4. The number of aliphatic carboxylic acids is 1. The van der Waals surface area contributed by atoms with Gasteiger partial charge < -0.3 is 110 Å².